The third-order valence-electron chi connectivity index (χ3n) is 2.62. The van der Waals surface area contributed by atoms with Crippen LogP contribution in [-0.4, -0.2) is 38.8 Å². The van der Waals surface area contributed by atoms with Crippen molar-refractivity contribution in [3.63, 3.8) is 0 Å². The summed E-state index contributed by atoms with van der Waals surface area (Å²) in [7, 11) is 0. The molecule has 2 saturated heterocycles. The van der Waals surface area contributed by atoms with Crippen LogP contribution in [0.2, 0.25) is 0 Å². The van der Waals surface area contributed by atoms with E-state index in [1.807, 2.05) is 11.9 Å². The molecule has 2 unspecified atom stereocenters. The van der Waals surface area contributed by atoms with Crippen LogP contribution in [0.15, 0.2) is 0 Å². The Bertz CT molecular complexity index is 141. The first-order valence-corrected chi connectivity index (χ1v) is 6.19. The molecule has 0 aromatic heterocycles. The van der Waals surface area contributed by atoms with Crippen LogP contribution in [0.1, 0.15) is 12.8 Å². The summed E-state index contributed by atoms with van der Waals surface area (Å²) in [5, 5.41) is 0. The van der Waals surface area contributed by atoms with Crippen LogP contribution >= 0.6 is 34.8 Å². The van der Waals surface area contributed by atoms with E-state index in [4.69, 9.17) is 0 Å². The Hall–Kier alpha value is 1.00. The average molecular weight is 284 g/mol. The predicted molar refractivity (Wildman–Crippen MR) is 57.8 cm³/mol. The molecule has 0 radical (unpaired) electrons. The second-order valence-corrected chi connectivity index (χ2v) is 5.25. The van der Waals surface area contributed by atoms with Crippen LogP contribution in [-0.2, 0) is 0 Å². The lowest BCUT2D eigenvalue weighted by molar-refractivity contribution is 0.240. The van der Waals surface area contributed by atoms with Gasteiger partial charge in [-0.25, -0.2) is 7.42 Å². The Morgan fingerprint density at radius 1 is 1.27 bits per heavy atom. The molecule has 11 heavy (non-hydrogen) atoms. The minimum atomic E-state index is 0.835. The molecule has 2 aliphatic rings. The predicted octanol–water partition coefficient (Wildman–Crippen LogP) is 1.76. The van der Waals surface area contributed by atoms with Gasteiger partial charge in [-0.2, -0.15) is 0 Å². The molecule has 2 heterocycles. The van der Waals surface area contributed by atoms with Crippen molar-refractivity contribution in [2.45, 2.75) is 24.9 Å². The van der Waals surface area contributed by atoms with Crippen molar-refractivity contribution in [3.8, 4) is 0 Å². The third-order valence-corrected chi connectivity index (χ3v) is 5.01. The Balaban J connectivity index is 2.02. The number of hydrogen-bond acceptors (Lipinski definition) is 3. The summed E-state index contributed by atoms with van der Waals surface area (Å²) < 4.78 is 5.03. The van der Waals surface area contributed by atoms with Gasteiger partial charge in [0.2, 0.25) is 0 Å². The number of rotatable bonds is 1. The van der Waals surface area contributed by atoms with Crippen molar-refractivity contribution >= 4 is 34.8 Å². The number of hydrogen-bond donors (Lipinski definition) is 0. The zero-order valence-corrected chi connectivity index (χ0v) is 9.64. The van der Waals surface area contributed by atoms with Gasteiger partial charge >= 0.3 is 0 Å². The first-order chi connectivity index (χ1) is 5.31. The number of fused-ring (bicyclic) bond motifs is 2. The lowest BCUT2D eigenvalue weighted by Gasteiger charge is -2.35. The van der Waals surface area contributed by atoms with Gasteiger partial charge in [-0.3, -0.25) is 0 Å². The molecule has 0 saturated carbocycles. The van der Waals surface area contributed by atoms with E-state index in [2.05, 4.69) is 36.5 Å². The van der Waals surface area contributed by atoms with Crippen LogP contribution in [0.25, 0.3) is 0 Å². The summed E-state index contributed by atoms with van der Waals surface area (Å²) in [6, 6.07) is 1.67. The van der Waals surface area contributed by atoms with Crippen molar-refractivity contribution in [1.82, 2.24) is 7.42 Å². The zero-order chi connectivity index (χ0) is 7.84. The monoisotopic (exact) mass is 284 g/mol. The Morgan fingerprint density at radius 2 is 1.82 bits per heavy atom. The van der Waals surface area contributed by atoms with Gasteiger partial charge in [0.1, 0.15) is 0 Å². The van der Waals surface area contributed by atoms with Gasteiger partial charge in [-0.05, 0) is 19.1 Å². The van der Waals surface area contributed by atoms with Crippen LogP contribution in [0.4, 0.5) is 0 Å². The second kappa shape index (κ2) is 3.40. The summed E-state index contributed by atoms with van der Waals surface area (Å²) >= 11 is 4.39. The number of nitrogens with zero attached hydrogens (tertiary/aromatic N) is 2. The first kappa shape index (κ1) is 8.59. The Labute approximate surface area is 86.3 Å². The highest BCUT2D eigenvalue weighted by Gasteiger charge is 2.38. The summed E-state index contributed by atoms with van der Waals surface area (Å²) in [6.07, 6.45) is 5.00. The van der Waals surface area contributed by atoms with Gasteiger partial charge in [-0.15, -0.1) is 0 Å². The minimum absolute atomic E-state index is 0.835. The van der Waals surface area contributed by atoms with E-state index in [-0.39, 0.29) is 0 Å². The summed E-state index contributed by atoms with van der Waals surface area (Å²) in [5.74, 6) is 0. The molecule has 2 bridgehead atoms. The van der Waals surface area contributed by atoms with Crippen LogP contribution in [0.5, 0.6) is 0 Å². The van der Waals surface area contributed by atoms with Crippen LogP contribution < -0.4 is 0 Å². The SMILES string of the molecule is CSN1CC2CCC(C1)N2I. The topological polar surface area (TPSA) is 6.48 Å². The average Bonchev–Trinajstić information content (AvgIpc) is 2.26. The van der Waals surface area contributed by atoms with E-state index in [9.17, 15) is 0 Å². The Kier molecular flexibility index (Phi) is 2.65. The molecule has 0 aromatic rings. The maximum Gasteiger partial charge on any atom is 0.0335 e. The van der Waals surface area contributed by atoms with Gasteiger partial charge < -0.3 is 0 Å². The lowest BCUT2D eigenvalue weighted by Crippen LogP contribution is -2.46. The molecule has 2 atom stereocenters. The van der Waals surface area contributed by atoms with Gasteiger partial charge in [0.05, 0.1) is 0 Å². The van der Waals surface area contributed by atoms with Crippen molar-refractivity contribution in [3.05, 3.63) is 0 Å². The fourth-order valence-electron chi connectivity index (χ4n) is 1.96. The van der Waals surface area contributed by atoms with E-state index in [1.54, 1.807) is 0 Å². The van der Waals surface area contributed by atoms with E-state index in [0.29, 0.717) is 0 Å². The van der Waals surface area contributed by atoms with Gasteiger partial charge in [0, 0.05) is 48.0 Å². The number of piperazine rings is 1. The van der Waals surface area contributed by atoms with Gasteiger partial charge in [-0.1, -0.05) is 11.9 Å². The fourth-order valence-corrected chi connectivity index (χ4v) is 3.51. The lowest BCUT2D eigenvalue weighted by atomic mass is 10.2. The standard InChI is InChI=1S/C7H13IN2S/c1-11-9-4-6-2-3-7(5-9)10(6)8/h6-7H,2-5H2,1H3. The maximum absolute atomic E-state index is 2.53. The fraction of sp³-hybridized carbons (Fsp3) is 1.00. The highest BCUT2D eigenvalue weighted by Crippen LogP contribution is 2.34. The van der Waals surface area contributed by atoms with E-state index < -0.39 is 0 Å². The zero-order valence-electron chi connectivity index (χ0n) is 6.66. The molecule has 0 N–H and O–H groups in total. The summed E-state index contributed by atoms with van der Waals surface area (Å²) in [6.45, 7) is 2.53. The van der Waals surface area contributed by atoms with E-state index in [0.717, 1.165) is 12.1 Å². The quantitative estimate of drug-likeness (QED) is 0.411. The first-order valence-electron chi connectivity index (χ1n) is 4.04. The summed E-state index contributed by atoms with van der Waals surface area (Å²) in [4.78, 5) is 0. The van der Waals surface area contributed by atoms with Crippen molar-refractivity contribution in [1.29, 1.82) is 0 Å². The smallest absolute Gasteiger partial charge is 0.0335 e. The molecular weight excluding hydrogens is 271 g/mol. The minimum Gasteiger partial charge on any atom is -0.248 e. The highest BCUT2D eigenvalue weighted by atomic mass is 127. The summed E-state index contributed by atoms with van der Waals surface area (Å²) in [5.41, 5.74) is 0. The molecule has 0 aromatic carbocycles. The molecule has 0 amide bonds. The highest BCUT2D eigenvalue weighted by molar-refractivity contribution is 14.1. The van der Waals surface area contributed by atoms with Crippen molar-refractivity contribution in [2.75, 3.05) is 19.3 Å². The molecule has 2 rings (SSSR count). The van der Waals surface area contributed by atoms with Crippen molar-refractivity contribution < 1.29 is 0 Å². The second-order valence-electron chi connectivity index (χ2n) is 3.26. The van der Waals surface area contributed by atoms with Gasteiger partial charge in [0.15, 0.2) is 0 Å². The molecular formula is C7H13IN2S. The molecule has 2 aliphatic heterocycles. The van der Waals surface area contributed by atoms with Crippen LogP contribution in [0.3, 0.4) is 0 Å². The largest absolute Gasteiger partial charge is 0.248 e. The molecule has 2 nitrogen and oxygen atoms in total. The molecule has 64 valence electrons. The van der Waals surface area contributed by atoms with E-state index >= 15 is 0 Å². The number of halogens is 1. The van der Waals surface area contributed by atoms with Gasteiger partial charge in [0.25, 0.3) is 0 Å². The maximum atomic E-state index is 2.53. The normalized spacial score (nSPS) is 39.8. The molecule has 0 aliphatic carbocycles. The van der Waals surface area contributed by atoms with Crippen molar-refractivity contribution in [2.24, 2.45) is 0 Å². The Morgan fingerprint density at radius 3 is 2.27 bits per heavy atom. The molecule has 0 spiro atoms. The molecule has 2 fully saturated rings. The molecule has 4 heteroatoms. The van der Waals surface area contributed by atoms with E-state index in [1.165, 1.54) is 25.9 Å². The third kappa shape index (κ3) is 1.55. The van der Waals surface area contributed by atoms with Crippen LogP contribution in [0, 0.1) is 0 Å².